The monoisotopic (exact) mass is 303 g/mol. The molecule has 1 aromatic rings. The number of hydrogen-bond donors (Lipinski definition) is 1. The van der Waals surface area contributed by atoms with Crippen LogP contribution in [0.4, 0.5) is 0 Å². The Balaban J connectivity index is 1.47. The van der Waals surface area contributed by atoms with Crippen molar-refractivity contribution in [2.24, 2.45) is 0 Å². The van der Waals surface area contributed by atoms with E-state index in [9.17, 15) is 4.79 Å². The molecule has 1 fully saturated rings. The van der Waals surface area contributed by atoms with Gasteiger partial charge in [-0.25, -0.2) is 0 Å². The standard InChI is InChI=1S/C18H25NOS/c20-18(19-16-8-3-1-2-4-9-16)13-21-17-11-10-14-6-5-7-15(14)12-17/h10-12,16H,1-9,13H2,(H,19,20). The van der Waals surface area contributed by atoms with Crippen molar-refractivity contribution in [3.8, 4) is 0 Å². The lowest BCUT2D eigenvalue weighted by Crippen LogP contribution is -2.35. The normalized spacial score (nSPS) is 19.0. The van der Waals surface area contributed by atoms with Crippen LogP contribution >= 0.6 is 11.8 Å². The zero-order valence-electron chi connectivity index (χ0n) is 12.7. The molecule has 1 aromatic carbocycles. The highest BCUT2D eigenvalue weighted by molar-refractivity contribution is 8.00. The molecule has 0 atom stereocenters. The van der Waals surface area contributed by atoms with Gasteiger partial charge in [-0.2, -0.15) is 0 Å². The molecule has 0 aliphatic heterocycles. The molecule has 0 unspecified atom stereocenters. The van der Waals surface area contributed by atoms with Crippen LogP contribution in [0.2, 0.25) is 0 Å². The van der Waals surface area contributed by atoms with Crippen LogP contribution in [0.25, 0.3) is 0 Å². The van der Waals surface area contributed by atoms with Crippen LogP contribution in [0.1, 0.15) is 56.1 Å². The van der Waals surface area contributed by atoms with Crippen LogP contribution in [0.3, 0.4) is 0 Å². The Labute approximate surface area is 132 Å². The van der Waals surface area contributed by atoms with E-state index in [1.807, 2.05) is 0 Å². The number of aryl methyl sites for hydroxylation is 2. The summed E-state index contributed by atoms with van der Waals surface area (Å²) in [5.74, 6) is 0.752. The number of amides is 1. The number of rotatable bonds is 4. The van der Waals surface area contributed by atoms with E-state index in [1.54, 1.807) is 11.8 Å². The molecule has 1 amide bonds. The van der Waals surface area contributed by atoms with Gasteiger partial charge in [0, 0.05) is 10.9 Å². The molecule has 1 saturated carbocycles. The van der Waals surface area contributed by atoms with E-state index in [0.717, 1.165) is 12.8 Å². The molecule has 0 saturated heterocycles. The summed E-state index contributed by atoms with van der Waals surface area (Å²) >= 11 is 1.68. The average Bonchev–Trinajstić information content (AvgIpc) is 2.81. The highest BCUT2D eigenvalue weighted by Gasteiger charge is 2.15. The predicted molar refractivity (Wildman–Crippen MR) is 88.8 cm³/mol. The first kappa shape index (κ1) is 15.0. The highest BCUT2D eigenvalue weighted by Crippen LogP contribution is 2.27. The SMILES string of the molecule is O=C(CSc1ccc2c(c1)CCC2)NC1CCCCCC1. The maximum atomic E-state index is 12.1. The first-order chi connectivity index (χ1) is 10.3. The zero-order valence-corrected chi connectivity index (χ0v) is 13.5. The molecule has 0 spiro atoms. The average molecular weight is 303 g/mol. The lowest BCUT2D eigenvalue weighted by atomic mass is 10.1. The Hall–Kier alpha value is -0.960. The Bertz CT molecular complexity index is 492. The number of benzene rings is 1. The fraction of sp³-hybridized carbons (Fsp3) is 0.611. The molecule has 2 nitrogen and oxygen atoms in total. The summed E-state index contributed by atoms with van der Waals surface area (Å²) in [5, 5.41) is 3.22. The number of nitrogens with one attached hydrogen (secondary N) is 1. The second kappa shape index (κ2) is 7.35. The van der Waals surface area contributed by atoms with E-state index >= 15 is 0 Å². The van der Waals surface area contributed by atoms with E-state index in [4.69, 9.17) is 0 Å². The van der Waals surface area contributed by atoms with Gasteiger partial charge in [-0.05, 0) is 55.4 Å². The largest absolute Gasteiger partial charge is 0.353 e. The number of carbonyl (C=O) groups is 1. The molecule has 21 heavy (non-hydrogen) atoms. The van der Waals surface area contributed by atoms with Gasteiger partial charge in [0.05, 0.1) is 5.75 Å². The van der Waals surface area contributed by atoms with Gasteiger partial charge in [0.1, 0.15) is 0 Å². The zero-order chi connectivity index (χ0) is 14.5. The van der Waals surface area contributed by atoms with Crippen LogP contribution < -0.4 is 5.32 Å². The first-order valence-corrected chi connectivity index (χ1v) is 9.34. The first-order valence-electron chi connectivity index (χ1n) is 8.35. The molecule has 0 aromatic heterocycles. The summed E-state index contributed by atoms with van der Waals surface area (Å²) in [6.45, 7) is 0. The van der Waals surface area contributed by atoms with E-state index in [-0.39, 0.29) is 5.91 Å². The van der Waals surface area contributed by atoms with Crippen LogP contribution in [0.5, 0.6) is 0 Å². The topological polar surface area (TPSA) is 29.1 Å². The second-order valence-corrected chi connectivity index (χ2v) is 7.38. The summed E-state index contributed by atoms with van der Waals surface area (Å²) in [6.07, 6.45) is 11.2. The Morgan fingerprint density at radius 1 is 1.05 bits per heavy atom. The van der Waals surface area contributed by atoms with Crippen LogP contribution in [-0.2, 0) is 17.6 Å². The van der Waals surface area contributed by atoms with Crippen molar-refractivity contribution in [1.82, 2.24) is 5.32 Å². The molecular formula is C18H25NOS. The summed E-state index contributed by atoms with van der Waals surface area (Å²) in [5.41, 5.74) is 2.99. The van der Waals surface area contributed by atoms with Crippen molar-refractivity contribution in [2.45, 2.75) is 68.7 Å². The molecule has 3 rings (SSSR count). The number of hydrogen-bond acceptors (Lipinski definition) is 2. The number of thioether (sulfide) groups is 1. The molecule has 3 heteroatoms. The molecule has 0 heterocycles. The molecule has 2 aliphatic carbocycles. The molecule has 1 N–H and O–H groups in total. The highest BCUT2D eigenvalue weighted by atomic mass is 32.2. The van der Waals surface area contributed by atoms with Gasteiger partial charge in [-0.1, -0.05) is 31.7 Å². The van der Waals surface area contributed by atoms with Gasteiger partial charge < -0.3 is 5.32 Å². The molecule has 0 radical (unpaired) electrons. The fourth-order valence-corrected chi connectivity index (χ4v) is 4.25. The van der Waals surface area contributed by atoms with Crippen molar-refractivity contribution >= 4 is 17.7 Å². The summed E-state index contributed by atoms with van der Waals surface area (Å²) in [6, 6.07) is 7.12. The maximum Gasteiger partial charge on any atom is 0.230 e. The second-order valence-electron chi connectivity index (χ2n) is 6.33. The Morgan fingerprint density at radius 2 is 1.81 bits per heavy atom. The summed E-state index contributed by atoms with van der Waals surface area (Å²) in [7, 11) is 0. The number of carbonyl (C=O) groups excluding carboxylic acids is 1. The summed E-state index contributed by atoms with van der Waals surface area (Å²) < 4.78 is 0. The maximum absolute atomic E-state index is 12.1. The van der Waals surface area contributed by atoms with Gasteiger partial charge >= 0.3 is 0 Å². The van der Waals surface area contributed by atoms with Crippen molar-refractivity contribution in [1.29, 1.82) is 0 Å². The van der Waals surface area contributed by atoms with Gasteiger partial charge in [0.15, 0.2) is 0 Å². The van der Waals surface area contributed by atoms with Crippen LogP contribution in [0.15, 0.2) is 23.1 Å². The van der Waals surface area contributed by atoms with E-state index < -0.39 is 0 Å². The third-order valence-corrected chi connectivity index (χ3v) is 5.65. The Kier molecular flexibility index (Phi) is 5.23. The van der Waals surface area contributed by atoms with Gasteiger partial charge in [0.25, 0.3) is 0 Å². The fourth-order valence-electron chi connectivity index (χ4n) is 3.48. The third-order valence-electron chi connectivity index (χ3n) is 4.66. The molecular weight excluding hydrogens is 278 g/mol. The molecule has 0 bridgehead atoms. The van der Waals surface area contributed by atoms with Crippen molar-refractivity contribution in [2.75, 3.05) is 5.75 Å². The lowest BCUT2D eigenvalue weighted by molar-refractivity contribution is -0.119. The van der Waals surface area contributed by atoms with Gasteiger partial charge in [-0.15, -0.1) is 11.8 Å². The van der Waals surface area contributed by atoms with Gasteiger partial charge in [-0.3, -0.25) is 4.79 Å². The molecule has 114 valence electrons. The molecule has 2 aliphatic rings. The minimum atomic E-state index is 0.201. The van der Waals surface area contributed by atoms with Crippen LogP contribution in [0, 0.1) is 0 Å². The van der Waals surface area contributed by atoms with E-state index in [0.29, 0.717) is 11.8 Å². The minimum absolute atomic E-state index is 0.201. The van der Waals surface area contributed by atoms with Gasteiger partial charge in [0.2, 0.25) is 5.91 Å². The minimum Gasteiger partial charge on any atom is -0.353 e. The smallest absolute Gasteiger partial charge is 0.230 e. The van der Waals surface area contributed by atoms with E-state index in [1.165, 1.54) is 61.0 Å². The predicted octanol–water partition coefficient (Wildman–Crippen LogP) is 4.11. The van der Waals surface area contributed by atoms with Crippen LogP contribution in [-0.4, -0.2) is 17.7 Å². The number of fused-ring (bicyclic) bond motifs is 1. The Morgan fingerprint density at radius 3 is 2.62 bits per heavy atom. The lowest BCUT2D eigenvalue weighted by Gasteiger charge is -2.16. The summed E-state index contributed by atoms with van der Waals surface area (Å²) in [4.78, 5) is 13.3. The van der Waals surface area contributed by atoms with Crippen molar-refractivity contribution in [3.63, 3.8) is 0 Å². The van der Waals surface area contributed by atoms with Crippen molar-refractivity contribution < 1.29 is 4.79 Å². The van der Waals surface area contributed by atoms with E-state index in [2.05, 4.69) is 23.5 Å². The quantitative estimate of drug-likeness (QED) is 0.670. The third kappa shape index (κ3) is 4.26. The van der Waals surface area contributed by atoms with Crippen molar-refractivity contribution in [3.05, 3.63) is 29.3 Å².